The van der Waals surface area contributed by atoms with E-state index < -0.39 is 24.2 Å². The molecule has 3 aromatic rings. The van der Waals surface area contributed by atoms with Gasteiger partial charge in [0.1, 0.15) is 18.2 Å². The average Bonchev–Trinajstić information content (AvgIpc) is 3.35. The zero-order chi connectivity index (χ0) is 24.4. The quantitative estimate of drug-likeness (QED) is 0.237. The number of aromatic nitrogens is 2. The number of allylic oxidation sites excluding steroid dienone is 1. The normalized spacial score (nSPS) is 13.8. The van der Waals surface area contributed by atoms with Crippen molar-refractivity contribution >= 4 is 34.4 Å². The van der Waals surface area contributed by atoms with E-state index in [1.807, 2.05) is 19.9 Å². The minimum Gasteiger partial charge on any atom is -0.507 e. The molecule has 0 atom stereocenters. The molecule has 9 nitrogen and oxygen atoms in total. The molecule has 9 heteroatoms. The number of aromatic amines is 1. The summed E-state index contributed by atoms with van der Waals surface area (Å²) in [6.07, 6.45) is 0.679. The minimum absolute atomic E-state index is 0.0562. The number of hydrogen-bond acceptors (Lipinski definition) is 7. The Hall–Kier alpha value is -4.45. The number of para-hydroxylation sites is 2. The first kappa shape index (κ1) is 22.7. The van der Waals surface area contributed by atoms with Gasteiger partial charge < -0.3 is 14.8 Å². The van der Waals surface area contributed by atoms with Gasteiger partial charge in [0.15, 0.2) is 11.6 Å². The van der Waals surface area contributed by atoms with E-state index in [4.69, 9.17) is 4.74 Å². The fraction of sp³-hybridized carbons (Fsp3) is 0.240. The number of imide groups is 1. The predicted octanol–water partition coefficient (Wildman–Crippen LogP) is 3.85. The smallest absolute Gasteiger partial charge is 0.338 e. The van der Waals surface area contributed by atoms with E-state index in [0.717, 1.165) is 0 Å². The Kier molecular flexibility index (Phi) is 6.15. The zero-order valence-corrected chi connectivity index (χ0v) is 18.7. The molecule has 2 aromatic carbocycles. The molecular formula is C25H22N4O5. The lowest BCUT2D eigenvalue weighted by Crippen LogP contribution is -2.31. The summed E-state index contributed by atoms with van der Waals surface area (Å²) in [5.74, 6) is -1.63. The topological polar surface area (TPSA) is 136 Å². The Morgan fingerprint density at radius 1 is 1.18 bits per heavy atom. The molecule has 2 N–H and O–H groups in total. The van der Waals surface area contributed by atoms with E-state index in [-0.39, 0.29) is 34.0 Å². The van der Waals surface area contributed by atoms with Crippen molar-refractivity contribution < 1.29 is 24.2 Å². The molecule has 0 spiro atoms. The summed E-state index contributed by atoms with van der Waals surface area (Å²) in [7, 11) is 0. The van der Waals surface area contributed by atoms with Crippen molar-refractivity contribution in [2.24, 2.45) is 5.92 Å². The summed E-state index contributed by atoms with van der Waals surface area (Å²) in [5, 5.41) is 19.8. The van der Waals surface area contributed by atoms with E-state index in [1.165, 1.54) is 23.1 Å². The third-order valence-corrected chi connectivity index (χ3v) is 5.50. The zero-order valence-electron chi connectivity index (χ0n) is 18.7. The van der Waals surface area contributed by atoms with E-state index in [0.29, 0.717) is 29.9 Å². The van der Waals surface area contributed by atoms with Crippen LogP contribution in [0.2, 0.25) is 0 Å². The highest BCUT2D eigenvalue weighted by Gasteiger charge is 2.35. The maximum atomic E-state index is 12.7. The number of nitrogens with zero attached hydrogens (tertiary/aromatic N) is 3. The van der Waals surface area contributed by atoms with Gasteiger partial charge in [0.2, 0.25) is 0 Å². The van der Waals surface area contributed by atoms with Gasteiger partial charge in [0.05, 0.1) is 27.7 Å². The van der Waals surface area contributed by atoms with Gasteiger partial charge in [-0.25, -0.2) is 9.78 Å². The summed E-state index contributed by atoms with van der Waals surface area (Å²) >= 11 is 0. The third-order valence-electron chi connectivity index (χ3n) is 5.50. The molecule has 1 aliphatic heterocycles. The molecule has 1 aliphatic rings. The van der Waals surface area contributed by atoms with Crippen LogP contribution in [0.15, 0.2) is 48.2 Å². The number of H-pyrrole nitrogens is 1. The van der Waals surface area contributed by atoms with Gasteiger partial charge in [-0.1, -0.05) is 26.0 Å². The van der Waals surface area contributed by atoms with Gasteiger partial charge in [-0.15, -0.1) is 0 Å². The average molecular weight is 458 g/mol. The van der Waals surface area contributed by atoms with Crippen LogP contribution in [0.25, 0.3) is 16.6 Å². The second kappa shape index (κ2) is 9.19. The van der Waals surface area contributed by atoms with Crippen LogP contribution in [0.1, 0.15) is 57.2 Å². The molecule has 0 fully saturated rings. The van der Waals surface area contributed by atoms with Crippen LogP contribution >= 0.6 is 0 Å². The van der Waals surface area contributed by atoms with Crippen LogP contribution in [0.5, 0.6) is 0 Å². The second-order valence-electron chi connectivity index (χ2n) is 8.32. The lowest BCUT2D eigenvalue weighted by Gasteiger charge is -2.14. The molecule has 0 aliphatic carbocycles. The third kappa shape index (κ3) is 4.26. The fourth-order valence-corrected chi connectivity index (χ4v) is 3.62. The van der Waals surface area contributed by atoms with Crippen molar-refractivity contribution in [3.05, 3.63) is 70.7 Å². The number of carbonyl (C=O) groups excluding carboxylic acids is 3. The van der Waals surface area contributed by atoms with E-state index >= 15 is 0 Å². The van der Waals surface area contributed by atoms with Crippen LogP contribution in [0, 0.1) is 17.2 Å². The maximum Gasteiger partial charge on any atom is 0.338 e. The molecule has 4 rings (SSSR count). The number of amides is 2. The van der Waals surface area contributed by atoms with Gasteiger partial charge in [-0.3, -0.25) is 14.5 Å². The maximum absolute atomic E-state index is 12.7. The number of carbonyl (C=O) groups is 3. The van der Waals surface area contributed by atoms with E-state index in [1.54, 1.807) is 24.3 Å². The number of aliphatic hydroxyl groups is 1. The molecule has 1 aromatic heterocycles. The molecule has 172 valence electrons. The standard InChI is InChI=1S/C25H22N4O5/c1-14(2)9-10-29-23(31)16-8-7-15(11-17(16)24(29)32)25(33)34-13-21(30)18(12-26)22-27-19-5-3-4-6-20(19)28-22/h3-8,11,14,30H,9-10,13H2,1-2H3,(H,27,28)/b21-18-. The Morgan fingerprint density at radius 2 is 1.91 bits per heavy atom. The number of rotatable bonds is 7. The number of nitrogens with one attached hydrogen (secondary N) is 1. The highest BCUT2D eigenvalue weighted by Crippen LogP contribution is 2.25. The molecule has 0 bridgehead atoms. The van der Waals surface area contributed by atoms with Gasteiger partial charge in [-0.2, -0.15) is 5.26 Å². The Bertz CT molecular complexity index is 1350. The summed E-state index contributed by atoms with van der Waals surface area (Å²) < 4.78 is 5.15. The summed E-state index contributed by atoms with van der Waals surface area (Å²) in [6, 6.07) is 13.1. The number of ether oxygens (including phenoxy) is 1. The SMILES string of the molecule is CC(C)CCN1C(=O)c2ccc(C(=O)OC/C(O)=C(\C#N)c3nc4ccccc4[nH]3)cc2C1=O. The number of benzene rings is 2. The lowest BCUT2D eigenvalue weighted by molar-refractivity contribution is 0.0502. The highest BCUT2D eigenvalue weighted by atomic mass is 16.5. The fourth-order valence-electron chi connectivity index (χ4n) is 3.62. The molecule has 34 heavy (non-hydrogen) atoms. The van der Waals surface area contributed by atoms with Gasteiger partial charge in [0, 0.05) is 6.54 Å². The number of fused-ring (bicyclic) bond motifs is 2. The predicted molar refractivity (Wildman–Crippen MR) is 123 cm³/mol. The number of hydrogen-bond donors (Lipinski definition) is 2. The Morgan fingerprint density at radius 3 is 2.62 bits per heavy atom. The minimum atomic E-state index is -0.808. The second-order valence-corrected chi connectivity index (χ2v) is 8.32. The molecule has 2 amide bonds. The first-order valence-corrected chi connectivity index (χ1v) is 10.7. The highest BCUT2D eigenvalue weighted by molar-refractivity contribution is 6.22. The van der Waals surface area contributed by atoms with Gasteiger partial charge in [-0.05, 0) is 42.7 Å². The summed E-state index contributed by atoms with van der Waals surface area (Å²) in [5.41, 5.74) is 1.59. The molecule has 0 radical (unpaired) electrons. The van der Waals surface area contributed by atoms with Crippen LogP contribution < -0.4 is 0 Å². The number of aliphatic hydroxyl groups excluding tert-OH is 1. The van der Waals surface area contributed by atoms with Crippen molar-refractivity contribution in [3.63, 3.8) is 0 Å². The molecule has 0 saturated heterocycles. The van der Waals surface area contributed by atoms with Crippen molar-refractivity contribution in [1.82, 2.24) is 14.9 Å². The van der Waals surface area contributed by atoms with E-state index in [9.17, 15) is 24.8 Å². The van der Waals surface area contributed by atoms with Crippen molar-refractivity contribution in [2.45, 2.75) is 20.3 Å². The molecule has 0 unspecified atom stereocenters. The number of nitriles is 1. The van der Waals surface area contributed by atoms with Crippen LogP contribution in [0.3, 0.4) is 0 Å². The van der Waals surface area contributed by atoms with Crippen molar-refractivity contribution in [1.29, 1.82) is 5.26 Å². The Labute approximate surface area is 195 Å². The first-order valence-electron chi connectivity index (χ1n) is 10.7. The monoisotopic (exact) mass is 458 g/mol. The molecular weight excluding hydrogens is 436 g/mol. The van der Waals surface area contributed by atoms with Crippen molar-refractivity contribution in [3.8, 4) is 6.07 Å². The van der Waals surface area contributed by atoms with Gasteiger partial charge >= 0.3 is 5.97 Å². The Balaban J connectivity index is 1.49. The summed E-state index contributed by atoms with van der Waals surface area (Å²) in [6.45, 7) is 3.74. The van der Waals surface area contributed by atoms with Crippen LogP contribution in [-0.4, -0.2) is 50.9 Å². The summed E-state index contributed by atoms with van der Waals surface area (Å²) in [4.78, 5) is 46.2. The number of imidazole rings is 1. The number of esters is 1. The first-order chi connectivity index (χ1) is 16.3. The van der Waals surface area contributed by atoms with E-state index in [2.05, 4.69) is 9.97 Å². The van der Waals surface area contributed by atoms with Gasteiger partial charge in [0.25, 0.3) is 11.8 Å². The van der Waals surface area contributed by atoms with Crippen LogP contribution in [0.4, 0.5) is 0 Å². The lowest BCUT2D eigenvalue weighted by atomic mass is 10.1. The molecule has 0 saturated carbocycles. The molecule has 2 heterocycles. The van der Waals surface area contributed by atoms with Crippen molar-refractivity contribution in [2.75, 3.05) is 13.2 Å². The largest absolute Gasteiger partial charge is 0.507 e. The van der Waals surface area contributed by atoms with Crippen LogP contribution in [-0.2, 0) is 4.74 Å².